The van der Waals surface area contributed by atoms with Gasteiger partial charge in [-0.15, -0.1) is 20.5 Å². The van der Waals surface area contributed by atoms with Crippen molar-refractivity contribution in [3.8, 4) is 17.2 Å². The maximum absolute atomic E-state index is 12.5. The first kappa shape index (κ1) is 35.2. The molecule has 0 atom stereocenters. The topological polar surface area (TPSA) is 234 Å². The SMILES string of the molecule is CCS(=O)(=O)c1ccc(OC)c(/N=N/c2c(NCS(=O)(=O)O)ccc3c(O)c(/N=N/c4cc(C)c(S(=O)(=O)CC)cc4O)ccc23)c1. The van der Waals surface area contributed by atoms with Crippen molar-refractivity contribution in [2.45, 2.75) is 30.6 Å². The van der Waals surface area contributed by atoms with Crippen molar-refractivity contribution in [1.29, 1.82) is 0 Å². The molecule has 0 unspecified atom stereocenters. The number of fused-ring (bicyclic) bond motifs is 1. The minimum absolute atomic E-state index is 0.0109. The molecule has 0 aliphatic rings. The number of azo groups is 2. The van der Waals surface area contributed by atoms with Gasteiger partial charge in [-0.3, -0.25) is 4.55 Å². The number of phenols is 2. The fourth-order valence-corrected chi connectivity index (χ4v) is 6.80. The molecule has 0 saturated carbocycles. The van der Waals surface area contributed by atoms with Gasteiger partial charge >= 0.3 is 0 Å². The lowest BCUT2D eigenvalue weighted by Gasteiger charge is -2.12. The molecule has 0 amide bonds. The van der Waals surface area contributed by atoms with Crippen LogP contribution in [0.5, 0.6) is 17.2 Å². The van der Waals surface area contributed by atoms with Crippen LogP contribution in [0, 0.1) is 6.92 Å². The summed E-state index contributed by atoms with van der Waals surface area (Å²) in [6.07, 6.45) is 0. The Labute approximate surface area is 271 Å². The van der Waals surface area contributed by atoms with Gasteiger partial charge in [0.15, 0.2) is 25.4 Å². The van der Waals surface area contributed by atoms with Gasteiger partial charge in [0.1, 0.15) is 40.1 Å². The molecule has 4 aromatic carbocycles. The summed E-state index contributed by atoms with van der Waals surface area (Å²) in [5.41, 5.74) is 0.402. The Hall–Kier alpha value is -4.65. The number of nitrogens with one attached hydrogen (secondary N) is 1. The van der Waals surface area contributed by atoms with Crippen molar-refractivity contribution in [3.63, 3.8) is 0 Å². The Kier molecular flexibility index (Phi) is 10.2. The standard InChI is InChI=1S/C29H31N5O10S3/c1-5-45(37,38)18-7-12-26(44-4)24(14-18)33-34-28-19-8-11-22(29(36)20(19)9-10-21(28)30-16-47(41,42)43)31-32-23-13-17(3)27(15-25(23)35)46(39,40)6-2/h7-15,30,35-36H,5-6,16H2,1-4H3,(H,41,42,43)/b32-31+,34-33+. The van der Waals surface area contributed by atoms with Crippen molar-refractivity contribution in [3.05, 3.63) is 60.2 Å². The summed E-state index contributed by atoms with van der Waals surface area (Å²) in [7, 11) is -10.3. The number of ether oxygens (including phenoxy) is 1. The number of anilines is 1. The number of aryl methyl sites for hydroxylation is 1. The molecule has 15 nitrogen and oxygen atoms in total. The van der Waals surface area contributed by atoms with Crippen LogP contribution in [0.1, 0.15) is 19.4 Å². The van der Waals surface area contributed by atoms with Gasteiger partial charge < -0.3 is 20.3 Å². The third-order valence-corrected chi connectivity index (χ3v) is 11.1. The van der Waals surface area contributed by atoms with Crippen LogP contribution >= 0.6 is 0 Å². The number of rotatable bonds is 12. The van der Waals surface area contributed by atoms with Crippen LogP contribution in [0.2, 0.25) is 0 Å². The Morgan fingerprint density at radius 1 is 0.745 bits per heavy atom. The van der Waals surface area contributed by atoms with Crippen molar-refractivity contribution in [2.75, 3.05) is 29.8 Å². The lowest BCUT2D eigenvalue weighted by Crippen LogP contribution is -2.13. The largest absolute Gasteiger partial charge is 0.506 e. The lowest BCUT2D eigenvalue weighted by atomic mass is 10.1. The van der Waals surface area contributed by atoms with Gasteiger partial charge in [-0.05, 0) is 61.0 Å². The van der Waals surface area contributed by atoms with Gasteiger partial charge in [0.25, 0.3) is 10.1 Å². The summed E-state index contributed by atoms with van der Waals surface area (Å²) in [5.74, 6) is -1.81. The minimum atomic E-state index is -4.46. The van der Waals surface area contributed by atoms with Crippen LogP contribution in [0.25, 0.3) is 10.8 Å². The molecule has 4 N–H and O–H groups in total. The molecule has 4 rings (SSSR count). The fraction of sp³-hybridized carbons (Fsp3) is 0.241. The average molecular weight is 706 g/mol. The van der Waals surface area contributed by atoms with E-state index in [-0.39, 0.29) is 72.0 Å². The second kappa shape index (κ2) is 13.6. The minimum Gasteiger partial charge on any atom is -0.506 e. The molecule has 250 valence electrons. The molecule has 47 heavy (non-hydrogen) atoms. The van der Waals surface area contributed by atoms with Crippen molar-refractivity contribution >= 4 is 69.0 Å². The maximum atomic E-state index is 12.5. The molecule has 4 aromatic rings. The van der Waals surface area contributed by atoms with Gasteiger partial charge in [-0.2, -0.15) is 8.42 Å². The number of phenolic OH excluding ortho intramolecular Hbond substituents is 2. The predicted octanol–water partition coefficient (Wildman–Crippen LogP) is 6.24. The molecule has 0 aromatic heterocycles. The number of sulfone groups is 2. The number of hydrogen-bond donors (Lipinski definition) is 4. The van der Waals surface area contributed by atoms with E-state index < -0.39 is 41.4 Å². The molecule has 18 heteroatoms. The first-order chi connectivity index (χ1) is 22.0. The van der Waals surface area contributed by atoms with Gasteiger partial charge in [0, 0.05) is 16.8 Å². The van der Waals surface area contributed by atoms with E-state index in [0.717, 1.165) is 6.07 Å². The molecule has 0 fully saturated rings. The number of hydrogen-bond acceptors (Lipinski definition) is 14. The third-order valence-electron chi connectivity index (χ3n) is 6.97. The highest BCUT2D eigenvalue weighted by Gasteiger charge is 2.19. The Morgan fingerprint density at radius 3 is 2.02 bits per heavy atom. The summed E-state index contributed by atoms with van der Waals surface area (Å²) in [4.78, 5) is -0.0608. The lowest BCUT2D eigenvalue weighted by molar-refractivity contribution is 0.415. The van der Waals surface area contributed by atoms with E-state index in [4.69, 9.17) is 4.74 Å². The summed E-state index contributed by atoms with van der Waals surface area (Å²) in [5, 5.41) is 41.0. The molecular weight excluding hydrogens is 675 g/mol. The van der Waals surface area contributed by atoms with Crippen LogP contribution < -0.4 is 10.1 Å². The summed E-state index contributed by atoms with van der Waals surface area (Å²) < 4.78 is 87.1. The predicted molar refractivity (Wildman–Crippen MR) is 175 cm³/mol. The Bertz CT molecular complexity index is 2250. The van der Waals surface area contributed by atoms with E-state index in [1.165, 1.54) is 69.5 Å². The van der Waals surface area contributed by atoms with E-state index in [2.05, 4.69) is 25.8 Å². The highest BCUT2D eigenvalue weighted by Crippen LogP contribution is 2.44. The highest BCUT2D eigenvalue weighted by molar-refractivity contribution is 7.91. The molecule has 0 aliphatic carbocycles. The van der Waals surface area contributed by atoms with E-state index in [9.17, 15) is 40.0 Å². The second-order valence-corrected chi connectivity index (χ2v) is 16.0. The molecular formula is C29H31N5O10S3. The van der Waals surface area contributed by atoms with Crippen molar-refractivity contribution in [1.82, 2.24) is 0 Å². The Morgan fingerprint density at radius 2 is 1.38 bits per heavy atom. The molecule has 0 heterocycles. The van der Waals surface area contributed by atoms with E-state index in [1.807, 2.05) is 0 Å². The smallest absolute Gasteiger partial charge is 0.283 e. The third kappa shape index (κ3) is 7.84. The fourth-order valence-electron chi connectivity index (χ4n) is 4.41. The summed E-state index contributed by atoms with van der Waals surface area (Å²) >= 11 is 0. The first-order valence-electron chi connectivity index (χ1n) is 13.8. The second-order valence-electron chi connectivity index (χ2n) is 10.0. The maximum Gasteiger partial charge on any atom is 0.283 e. The zero-order valence-electron chi connectivity index (χ0n) is 25.5. The van der Waals surface area contributed by atoms with Crippen LogP contribution in [-0.4, -0.2) is 64.5 Å². The van der Waals surface area contributed by atoms with Gasteiger partial charge in [-0.1, -0.05) is 13.8 Å². The highest BCUT2D eigenvalue weighted by atomic mass is 32.2. The first-order valence-corrected chi connectivity index (χ1v) is 18.7. The Balaban J connectivity index is 1.83. The average Bonchev–Trinajstić information content (AvgIpc) is 3.03. The number of methoxy groups -OCH3 is 1. The quantitative estimate of drug-likeness (QED) is 0.0950. The summed E-state index contributed by atoms with van der Waals surface area (Å²) in [6.45, 7) is 4.52. The summed E-state index contributed by atoms with van der Waals surface area (Å²) in [6, 6.07) is 12.1. The van der Waals surface area contributed by atoms with Crippen LogP contribution in [0.4, 0.5) is 28.4 Å². The number of nitrogens with zero attached hydrogens (tertiary/aromatic N) is 4. The molecule has 0 spiro atoms. The molecule has 0 radical (unpaired) electrons. The molecule has 0 aliphatic heterocycles. The zero-order valence-corrected chi connectivity index (χ0v) is 28.0. The van der Waals surface area contributed by atoms with Gasteiger partial charge in [-0.25, -0.2) is 16.8 Å². The van der Waals surface area contributed by atoms with E-state index >= 15 is 0 Å². The van der Waals surface area contributed by atoms with Gasteiger partial charge in [0.2, 0.25) is 0 Å². The van der Waals surface area contributed by atoms with Crippen LogP contribution in [0.3, 0.4) is 0 Å². The normalized spacial score (nSPS) is 12.7. The van der Waals surface area contributed by atoms with E-state index in [1.54, 1.807) is 6.92 Å². The van der Waals surface area contributed by atoms with Crippen LogP contribution in [0.15, 0.2) is 84.8 Å². The number of aromatic hydroxyl groups is 2. The zero-order chi connectivity index (χ0) is 34.7. The monoisotopic (exact) mass is 705 g/mol. The van der Waals surface area contributed by atoms with Gasteiger partial charge in [0.05, 0.1) is 34.1 Å². The van der Waals surface area contributed by atoms with Crippen LogP contribution in [-0.2, 0) is 29.8 Å². The van der Waals surface area contributed by atoms with Crippen molar-refractivity contribution < 1.29 is 44.8 Å². The van der Waals surface area contributed by atoms with E-state index in [0.29, 0.717) is 5.56 Å². The molecule has 0 bridgehead atoms. The number of benzene rings is 4. The van der Waals surface area contributed by atoms with Crippen molar-refractivity contribution in [2.24, 2.45) is 20.5 Å². The molecule has 0 saturated heterocycles.